The molecule has 0 unspecified atom stereocenters. The molecule has 1 rings (SSSR count). The van der Waals surface area contributed by atoms with E-state index in [1.54, 1.807) is 24.3 Å². The van der Waals surface area contributed by atoms with Gasteiger partial charge in [0.2, 0.25) is 0 Å². The van der Waals surface area contributed by atoms with Gasteiger partial charge in [-0.15, -0.1) is 0 Å². The zero-order valence-corrected chi connectivity index (χ0v) is 9.46. The molecule has 2 nitrogen and oxygen atoms in total. The molecule has 0 aliphatic carbocycles. The Balaban J connectivity index is 0.000000791. The lowest BCUT2D eigenvalue weighted by Gasteiger charge is -1.96. The Morgan fingerprint density at radius 3 is 2.36 bits per heavy atom. The van der Waals surface area contributed by atoms with Crippen molar-refractivity contribution in [2.45, 2.75) is 0 Å². The maximum absolute atomic E-state index is 13.0. The lowest BCUT2D eigenvalue weighted by molar-refractivity contribution is 0.399. The van der Waals surface area contributed by atoms with Crippen molar-refractivity contribution < 1.29 is 9.50 Å². The molecule has 1 aromatic carbocycles. The maximum atomic E-state index is 13.0. The number of rotatable bonds is 2. The van der Waals surface area contributed by atoms with E-state index in [4.69, 9.17) is 10.8 Å². The number of nitrogens with two attached hydrogens (primary N) is 1. The molecule has 0 heterocycles. The molecular weight excluding hydrogens is 249 g/mol. The van der Waals surface area contributed by atoms with E-state index in [2.05, 4.69) is 15.9 Å². The van der Waals surface area contributed by atoms with Gasteiger partial charge < -0.3 is 10.8 Å². The fourth-order valence-electron chi connectivity index (χ4n) is 0.830. The molecule has 0 saturated carbocycles. The molecule has 0 amide bonds. The van der Waals surface area contributed by atoms with E-state index < -0.39 is 0 Å². The fourth-order valence-corrected chi connectivity index (χ4v) is 1.09. The summed E-state index contributed by atoms with van der Waals surface area (Å²) < 4.78 is 14.0. The summed E-state index contributed by atoms with van der Waals surface area (Å²) in [5.41, 5.74) is 5.73. The standard InChI is InChI=1S/C9H9BrFN.CH4O/c10-8-3-1-7(2-4-8)9(11)5-6-12;1-2/h1-5H,6,12H2;2H,1H3/b9-5-;. The first-order valence-corrected chi connectivity index (χ1v) is 4.79. The molecule has 0 aliphatic heterocycles. The van der Waals surface area contributed by atoms with Gasteiger partial charge in [-0.3, -0.25) is 0 Å². The number of hydrogen-bond donors (Lipinski definition) is 2. The topological polar surface area (TPSA) is 46.2 Å². The molecule has 0 atom stereocenters. The van der Waals surface area contributed by atoms with Crippen molar-refractivity contribution in [1.82, 2.24) is 0 Å². The molecule has 0 radical (unpaired) electrons. The first-order chi connectivity index (χ1) is 6.74. The average molecular weight is 262 g/mol. The van der Waals surface area contributed by atoms with E-state index in [1.807, 2.05) is 0 Å². The van der Waals surface area contributed by atoms with Crippen LogP contribution in [0.5, 0.6) is 0 Å². The largest absolute Gasteiger partial charge is 0.400 e. The van der Waals surface area contributed by atoms with E-state index in [1.165, 1.54) is 6.08 Å². The second-order valence-corrected chi connectivity index (χ2v) is 3.21. The summed E-state index contributed by atoms with van der Waals surface area (Å²) in [6, 6.07) is 6.98. The van der Waals surface area contributed by atoms with Crippen LogP contribution in [0.3, 0.4) is 0 Å². The van der Waals surface area contributed by atoms with E-state index >= 15 is 0 Å². The van der Waals surface area contributed by atoms with Gasteiger partial charge in [0, 0.05) is 23.7 Å². The number of aliphatic hydroxyl groups excluding tert-OH is 1. The van der Waals surface area contributed by atoms with E-state index in [0.717, 1.165) is 11.6 Å². The van der Waals surface area contributed by atoms with Gasteiger partial charge >= 0.3 is 0 Å². The normalized spacial score (nSPS) is 10.5. The van der Waals surface area contributed by atoms with Crippen LogP contribution in [-0.2, 0) is 0 Å². The van der Waals surface area contributed by atoms with Crippen molar-refractivity contribution in [2.75, 3.05) is 13.7 Å². The van der Waals surface area contributed by atoms with Crippen molar-refractivity contribution in [1.29, 1.82) is 0 Å². The molecule has 3 N–H and O–H groups in total. The Kier molecular flexibility index (Phi) is 7.28. The van der Waals surface area contributed by atoms with Crippen molar-refractivity contribution in [2.24, 2.45) is 5.73 Å². The second-order valence-electron chi connectivity index (χ2n) is 2.29. The van der Waals surface area contributed by atoms with E-state index in [-0.39, 0.29) is 12.4 Å². The summed E-state index contributed by atoms with van der Waals surface area (Å²) in [6.07, 6.45) is 1.35. The van der Waals surface area contributed by atoms with Crippen molar-refractivity contribution in [3.63, 3.8) is 0 Å². The average Bonchev–Trinajstić information content (AvgIpc) is 2.22. The summed E-state index contributed by atoms with van der Waals surface area (Å²) in [5, 5.41) is 7.00. The van der Waals surface area contributed by atoms with Crippen LogP contribution < -0.4 is 5.73 Å². The number of hydrogen-bond acceptors (Lipinski definition) is 2. The lowest BCUT2D eigenvalue weighted by Crippen LogP contribution is -1.93. The summed E-state index contributed by atoms with van der Waals surface area (Å²) in [4.78, 5) is 0. The monoisotopic (exact) mass is 261 g/mol. The predicted octanol–water partition coefficient (Wildman–Crippen LogP) is 2.33. The molecule has 0 fully saturated rings. The van der Waals surface area contributed by atoms with Gasteiger partial charge in [0.25, 0.3) is 0 Å². The molecule has 0 aromatic heterocycles. The molecule has 0 saturated heterocycles. The third-order valence-corrected chi connectivity index (χ3v) is 1.95. The zero-order chi connectivity index (χ0) is 11.0. The summed E-state index contributed by atoms with van der Waals surface area (Å²) in [6.45, 7) is 0.224. The van der Waals surface area contributed by atoms with Gasteiger partial charge in [-0.2, -0.15) is 0 Å². The highest BCUT2D eigenvalue weighted by Gasteiger charge is 1.97. The highest BCUT2D eigenvalue weighted by molar-refractivity contribution is 9.10. The maximum Gasteiger partial charge on any atom is 0.127 e. The highest BCUT2D eigenvalue weighted by atomic mass is 79.9. The van der Waals surface area contributed by atoms with Crippen LogP contribution >= 0.6 is 15.9 Å². The molecular formula is C10H13BrFNO. The quantitative estimate of drug-likeness (QED) is 0.859. The molecule has 1 aromatic rings. The Hall–Kier alpha value is -0.710. The Morgan fingerprint density at radius 2 is 1.93 bits per heavy atom. The smallest absolute Gasteiger partial charge is 0.127 e. The Morgan fingerprint density at radius 1 is 1.43 bits per heavy atom. The van der Waals surface area contributed by atoms with E-state index in [9.17, 15) is 4.39 Å². The van der Waals surface area contributed by atoms with Crippen molar-refractivity contribution >= 4 is 21.8 Å². The van der Waals surface area contributed by atoms with Crippen LogP contribution in [0.4, 0.5) is 4.39 Å². The highest BCUT2D eigenvalue weighted by Crippen LogP contribution is 2.18. The Bertz CT molecular complexity index is 285. The summed E-state index contributed by atoms with van der Waals surface area (Å²) >= 11 is 3.27. The predicted molar refractivity (Wildman–Crippen MR) is 60.4 cm³/mol. The number of aliphatic hydroxyl groups is 1. The number of halogens is 2. The first-order valence-electron chi connectivity index (χ1n) is 4.00. The third kappa shape index (κ3) is 4.50. The van der Waals surface area contributed by atoms with Crippen molar-refractivity contribution in [3.8, 4) is 0 Å². The Labute approximate surface area is 91.4 Å². The molecule has 0 aliphatic rings. The molecule has 0 bridgehead atoms. The van der Waals surface area contributed by atoms with Gasteiger partial charge in [-0.1, -0.05) is 28.1 Å². The zero-order valence-electron chi connectivity index (χ0n) is 7.87. The van der Waals surface area contributed by atoms with Crippen LogP contribution in [0.2, 0.25) is 0 Å². The van der Waals surface area contributed by atoms with Crippen LogP contribution in [0, 0.1) is 0 Å². The lowest BCUT2D eigenvalue weighted by atomic mass is 10.2. The van der Waals surface area contributed by atoms with Crippen LogP contribution in [0.25, 0.3) is 5.83 Å². The van der Waals surface area contributed by atoms with Crippen LogP contribution in [0.15, 0.2) is 34.8 Å². The second kappa shape index (κ2) is 7.67. The molecule has 14 heavy (non-hydrogen) atoms. The molecule has 4 heteroatoms. The summed E-state index contributed by atoms with van der Waals surface area (Å²) in [7, 11) is 1.00. The first kappa shape index (κ1) is 13.3. The number of benzene rings is 1. The molecule has 0 spiro atoms. The van der Waals surface area contributed by atoms with Crippen LogP contribution in [-0.4, -0.2) is 18.8 Å². The summed E-state index contributed by atoms with van der Waals surface area (Å²) in [5.74, 6) is -0.273. The molecule has 78 valence electrons. The van der Waals surface area contributed by atoms with Gasteiger partial charge in [-0.05, 0) is 18.2 Å². The van der Waals surface area contributed by atoms with Crippen LogP contribution in [0.1, 0.15) is 5.56 Å². The van der Waals surface area contributed by atoms with Gasteiger partial charge in [-0.25, -0.2) is 4.39 Å². The van der Waals surface area contributed by atoms with E-state index in [0.29, 0.717) is 5.56 Å². The SMILES string of the molecule is CO.NC/C=C(\F)c1ccc(Br)cc1. The van der Waals surface area contributed by atoms with Crippen molar-refractivity contribution in [3.05, 3.63) is 40.4 Å². The van der Waals surface area contributed by atoms with Gasteiger partial charge in [0.05, 0.1) is 0 Å². The minimum atomic E-state index is -0.273. The van der Waals surface area contributed by atoms with Gasteiger partial charge in [0.1, 0.15) is 5.83 Å². The fraction of sp³-hybridized carbons (Fsp3) is 0.200. The minimum Gasteiger partial charge on any atom is -0.400 e. The third-order valence-electron chi connectivity index (χ3n) is 1.42. The minimum absolute atomic E-state index is 0.224. The van der Waals surface area contributed by atoms with Gasteiger partial charge in [0.15, 0.2) is 0 Å².